The number of hydrogen-bond acceptors (Lipinski definition) is 4. The largest absolute Gasteiger partial charge is 0.490 e. The molecule has 1 unspecified atom stereocenters. The van der Waals surface area contributed by atoms with Crippen LogP contribution in [0.4, 0.5) is 5.69 Å². The Morgan fingerprint density at radius 1 is 1.47 bits per heavy atom. The van der Waals surface area contributed by atoms with Crippen LogP contribution in [0.1, 0.15) is 12.0 Å². The molecule has 1 aromatic carbocycles. The zero-order chi connectivity index (χ0) is 12.3. The highest BCUT2D eigenvalue weighted by molar-refractivity contribution is 5.94. The topological polar surface area (TPSA) is 84.6 Å². The van der Waals surface area contributed by atoms with Gasteiger partial charge in [-0.15, -0.1) is 0 Å². The fourth-order valence-corrected chi connectivity index (χ4v) is 1.78. The zero-order valence-corrected chi connectivity index (χ0v) is 9.48. The van der Waals surface area contributed by atoms with Crippen molar-refractivity contribution in [3.05, 3.63) is 23.8 Å². The maximum Gasteiger partial charge on any atom is 0.224 e. The molecule has 1 heterocycles. The Hall–Kier alpha value is -1.59. The van der Waals surface area contributed by atoms with Crippen LogP contribution in [0.2, 0.25) is 0 Å². The molecule has 5 nitrogen and oxygen atoms in total. The molecule has 0 bridgehead atoms. The van der Waals surface area contributed by atoms with Crippen LogP contribution in [-0.2, 0) is 11.2 Å². The number of aliphatic hydroxyl groups excluding tert-OH is 1. The summed E-state index contributed by atoms with van der Waals surface area (Å²) < 4.78 is 5.51. The number of fused-ring (bicyclic) bond motifs is 1. The Kier molecular flexibility index (Phi) is 3.61. The summed E-state index contributed by atoms with van der Waals surface area (Å²) in [6.45, 7) is 0.340. The Morgan fingerprint density at radius 3 is 3.06 bits per heavy atom. The summed E-state index contributed by atoms with van der Waals surface area (Å²) in [6, 6.07) is 5.49. The molecule has 0 spiro atoms. The van der Waals surface area contributed by atoms with Crippen molar-refractivity contribution in [2.45, 2.75) is 18.9 Å². The second-order valence-electron chi connectivity index (χ2n) is 4.03. The summed E-state index contributed by atoms with van der Waals surface area (Å²) in [5.41, 5.74) is 7.08. The Balaban J connectivity index is 2.13. The van der Waals surface area contributed by atoms with Crippen LogP contribution in [0.15, 0.2) is 18.2 Å². The fraction of sp³-hybridized carbons (Fsp3) is 0.417. The highest BCUT2D eigenvalue weighted by Crippen LogP contribution is 2.30. The van der Waals surface area contributed by atoms with Crippen LogP contribution >= 0.6 is 0 Å². The number of nitrogens with two attached hydrogens (primary N) is 1. The number of anilines is 1. The van der Waals surface area contributed by atoms with Gasteiger partial charge in [0.25, 0.3) is 0 Å². The minimum absolute atomic E-state index is 0.0247. The van der Waals surface area contributed by atoms with E-state index < -0.39 is 6.10 Å². The molecular formula is C12H16N2O3. The van der Waals surface area contributed by atoms with E-state index in [1.807, 2.05) is 18.2 Å². The predicted molar refractivity (Wildman–Crippen MR) is 63.9 cm³/mol. The third-order valence-electron chi connectivity index (χ3n) is 2.71. The minimum atomic E-state index is -0.663. The highest BCUT2D eigenvalue weighted by atomic mass is 16.5. The van der Waals surface area contributed by atoms with Crippen molar-refractivity contribution in [2.24, 2.45) is 5.73 Å². The molecule has 1 aliphatic heterocycles. The summed E-state index contributed by atoms with van der Waals surface area (Å²) in [5.74, 6) is 0.728. The van der Waals surface area contributed by atoms with Gasteiger partial charge in [0.1, 0.15) is 18.5 Å². The first-order valence-corrected chi connectivity index (χ1v) is 5.63. The van der Waals surface area contributed by atoms with E-state index in [1.54, 1.807) is 0 Å². The molecule has 0 aliphatic carbocycles. The molecule has 0 saturated carbocycles. The average Bonchev–Trinajstić information content (AvgIpc) is 2.35. The van der Waals surface area contributed by atoms with E-state index in [1.165, 1.54) is 0 Å². The third kappa shape index (κ3) is 2.75. The highest BCUT2D eigenvalue weighted by Gasteiger charge is 2.18. The number of carbonyl (C=O) groups is 1. The van der Waals surface area contributed by atoms with Crippen LogP contribution in [0.3, 0.4) is 0 Å². The first kappa shape index (κ1) is 11.9. The van der Waals surface area contributed by atoms with Gasteiger partial charge in [-0.1, -0.05) is 6.07 Å². The number of benzene rings is 1. The van der Waals surface area contributed by atoms with E-state index in [9.17, 15) is 9.90 Å². The molecule has 92 valence electrons. The Morgan fingerprint density at radius 2 is 2.29 bits per heavy atom. The predicted octanol–water partition coefficient (Wildman–Crippen LogP) is 0.270. The fourth-order valence-electron chi connectivity index (χ4n) is 1.78. The lowest BCUT2D eigenvalue weighted by Crippen LogP contribution is -2.27. The van der Waals surface area contributed by atoms with Crippen LogP contribution in [0.5, 0.6) is 5.75 Å². The van der Waals surface area contributed by atoms with Crippen molar-refractivity contribution in [1.29, 1.82) is 0 Å². The summed E-state index contributed by atoms with van der Waals surface area (Å²) in [4.78, 5) is 11.2. The molecule has 2 rings (SSSR count). The quantitative estimate of drug-likeness (QED) is 0.700. The van der Waals surface area contributed by atoms with Gasteiger partial charge >= 0.3 is 0 Å². The lowest BCUT2D eigenvalue weighted by atomic mass is 10.0. The lowest BCUT2D eigenvalue weighted by Gasteiger charge is -2.20. The smallest absolute Gasteiger partial charge is 0.224 e. The molecule has 1 atom stereocenters. The zero-order valence-electron chi connectivity index (χ0n) is 9.48. The monoisotopic (exact) mass is 236 g/mol. The Bertz CT molecular complexity index is 420. The van der Waals surface area contributed by atoms with Crippen molar-refractivity contribution in [3.63, 3.8) is 0 Å². The normalized spacial score (nSPS) is 16.0. The number of aliphatic hydroxyl groups is 1. The van der Waals surface area contributed by atoms with Gasteiger partial charge in [0.05, 0.1) is 0 Å². The minimum Gasteiger partial charge on any atom is -0.490 e. The van der Waals surface area contributed by atoms with Gasteiger partial charge in [-0.2, -0.15) is 0 Å². The van der Waals surface area contributed by atoms with Crippen molar-refractivity contribution < 1.29 is 14.6 Å². The standard InChI is InChI=1S/C12H16N2O3/c13-6-8(15)7-17-11-3-1-2-10-9(11)4-5-12(16)14-10/h1-3,8,15H,4-7,13H2,(H,14,16). The second kappa shape index (κ2) is 5.16. The van der Waals surface area contributed by atoms with Gasteiger partial charge in [-0.25, -0.2) is 0 Å². The van der Waals surface area contributed by atoms with Crippen molar-refractivity contribution in [2.75, 3.05) is 18.5 Å². The Labute approximate surface area is 99.6 Å². The van der Waals surface area contributed by atoms with E-state index in [0.29, 0.717) is 18.6 Å². The number of ether oxygens (including phenoxy) is 1. The van der Waals surface area contributed by atoms with Crippen LogP contribution in [0, 0.1) is 0 Å². The van der Waals surface area contributed by atoms with E-state index >= 15 is 0 Å². The summed E-state index contributed by atoms with van der Waals surface area (Å²) in [7, 11) is 0. The molecule has 5 heteroatoms. The van der Waals surface area contributed by atoms with E-state index in [4.69, 9.17) is 10.5 Å². The maximum absolute atomic E-state index is 11.2. The third-order valence-corrected chi connectivity index (χ3v) is 2.71. The molecule has 4 N–H and O–H groups in total. The van der Waals surface area contributed by atoms with Crippen LogP contribution in [0.25, 0.3) is 0 Å². The van der Waals surface area contributed by atoms with Gasteiger partial charge in [0, 0.05) is 24.2 Å². The summed E-state index contributed by atoms with van der Waals surface area (Å²) in [6.07, 6.45) is 0.465. The lowest BCUT2D eigenvalue weighted by molar-refractivity contribution is -0.116. The SMILES string of the molecule is NCC(O)COc1cccc2c1CCC(=O)N2. The van der Waals surface area contributed by atoms with Gasteiger partial charge in [-0.3, -0.25) is 4.79 Å². The number of nitrogens with one attached hydrogen (secondary N) is 1. The first-order chi connectivity index (χ1) is 8.20. The van der Waals surface area contributed by atoms with Crippen molar-refractivity contribution in [1.82, 2.24) is 0 Å². The molecule has 0 saturated heterocycles. The van der Waals surface area contributed by atoms with Crippen LogP contribution < -0.4 is 15.8 Å². The molecule has 0 aromatic heterocycles. The molecular weight excluding hydrogens is 220 g/mol. The number of carbonyl (C=O) groups excluding carboxylic acids is 1. The molecule has 0 fully saturated rings. The molecule has 17 heavy (non-hydrogen) atoms. The van der Waals surface area contributed by atoms with Crippen LogP contribution in [-0.4, -0.2) is 30.3 Å². The summed E-state index contributed by atoms with van der Waals surface area (Å²) in [5, 5.41) is 12.1. The number of amides is 1. The van der Waals surface area contributed by atoms with E-state index in [0.717, 1.165) is 11.3 Å². The van der Waals surface area contributed by atoms with Gasteiger partial charge in [-0.05, 0) is 18.6 Å². The second-order valence-corrected chi connectivity index (χ2v) is 4.03. The molecule has 1 aromatic rings. The molecule has 1 amide bonds. The van der Waals surface area contributed by atoms with E-state index in [-0.39, 0.29) is 19.1 Å². The first-order valence-electron chi connectivity index (χ1n) is 5.63. The van der Waals surface area contributed by atoms with Crippen molar-refractivity contribution >= 4 is 11.6 Å². The van der Waals surface area contributed by atoms with Crippen molar-refractivity contribution in [3.8, 4) is 5.75 Å². The summed E-state index contributed by atoms with van der Waals surface area (Å²) >= 11 is 0. The van der Waals surface area contributed by atoms with E-state index in [2.05, 4.69) is 5.32 Å². The van der Waals surface area contributed by atoms with Gasteiger partial charge in [0.15, 0.2) is 0 Å². The number of hydrogen-bond donors (Lipinski definition) is 3. The average molecular weight is 236 g/mol. The maximum atomic E-state index is 11.2. The van der Waals surface area contributed by atoms with Gasteiger partial charge in [0.2, 0.25) is 5.91 Å². The number of rotatable bonds is 4. The molecule has 0 radical (unpaired) electrons. The van der Waals surface area contributed by atoms with Gasteiger partial charge < -0.3 is 20.9 Å². The molecule has 1 aliphatic rings.